The molecule has 2 N–H and O–H groups in total. The minimum Gasteiger partial charge on any atom is -0.396 e. The second-order valence-electron chi connectivity index (χ2n) is 3.08. The van der Waals surface area contributed by atoms with E-state index in [1.807, 2.05) is 6.92 Å². The summed E-state index contributed by atoms with van der Waals surface area (Å²) in [5.41, 5.74) is 0. The van der Waals surface area contributed by atoms with E-state index in [9.17, 15) is 0 Å². The topological polar surface area (TPSA) is 58.9 Å². The molecule has 0 saturated heterocycles. The molecule has 0 saturated carbocycles. The minimum absolute atomic E-state index is 0.00540. The molecule has 103 valence electrons. The van der Waals surface area contributed by atoms with Crippen molar-refractivity contribution in [1.29, 1.82) is 0 Å². The number of ether oxygens (including phenoxy) is 2. The maximum Gasteiger partial charge on any atom is 0.193 e. The summed E-state index contributed by atoms with van der Waals surface area (Å²) in [7, 11) is 0. The summed E-state index contributed by atoms with van der Waals surface area (Å²) in [5, 5.41) is 17.3. The van der Waals surface area contributed by atoms with Gasteiger partial charge in [0.1, 0.15) is 0 Å². The summed E-state index contributed by atoms with van der Waals surface area (Å²) in [5.74, 6) is 2.38. The van der Waals surface area contributed by atoms with Crippen LogP contribution in [0, 0.1) is 0 Å². The van der Waals surface area contributed by atoms with Crippen LogP contribution < -0.4 is 0 Å². The van der Waals surface area contributed by atoms with Crippen LogP contribution in [0.2, 0.25) is 0 Å². The van der Waals surface area contributed by atoms with Crippen molar-refractivity contribution in [2.45, 2.75) is 11.2 Å². The smallest absolute Gasteiger partial charge is 0.193 e. The predicted molar refractivity (Wildman–Crippen MR) is 76.7 cm³/mol. The third-order valence-corrected chi connectivity index (χ3v) is 4.14. The van der Waals surface area contributed by atoms with Gasteiger partial charge in [-0.15, -0.1) is 11.8 Å². The highest BCUT2D eigenvalue weighted by molar-refractivity contribution is 8.11. The van der Waals surface area contributed by atoms with E-state index >= 15 is 0 Å². The summed E-state index contributed by atoms with van der Waals surface area (Å²) in [6.07, 6.45) is 0. The van der Waals surface area contributed by atoms with Gasteiger partial charge in [-0.05, 0) is 18.4 Å². The van der Waals surface area contributed by atoms with E-state index in [2.05, 4.69) is 0 Å². The lowest BCUT2D eigenvalue weighted by Gasteiger charge is -2.26. The van der Waals surface area contributed by atoms with E-state index in [-0.39, 0.29) is 19.8 Å². The fourth-order valence-electron chi connectivity index (χ4n) is 1.03. The Hall–Kier alpha value is 0.890. The lowest BCUT2D eigenvalue weighted by atomic mass is 10.7. The Bertz CT molecular complexity index is 174. The highest BCUT2D eigenvalue weighted by Gasteiger charge is 2.27. The lowest BCUT2D eigenvalue weighted by Crippen LogP contribution is -2.30. The zero-order chi connectivity index (χ0) is 13.0. The monoisotopic (exact) mass is 301 g/mol. The molecule has 0 bridgehead atoms. The number of hydrogen-bond donors (Lipinski definition) is 2. The molecule has 0 rings (SSSR count). The van der Waals surface area contributed by atoms with Gasteiger partial charge in [0, 0.05) is 11.5 Å². The van der Waals surface area contributed by atoms with Crippen molar-refractivity contribution in [2.24, 2.45) is 0 Å². The molecule has 0 aliphatic heterocycles. The zero-order valence-electron chi connectivity index (χ0n) is 10.1. The third kappa shape index (κ3) is 10.5. The van der Waals surface area contributed by atoms with Crippen molar-refractivity contribution >= 4 is 36.2 Å². The first-order chi connectivity index (χ1) is 8.18. The first kappa shape index (κ1) is 17.9. The Morgan fingerprint density at radius 1 is 1.18 bits per heavy atom. The summed E-state index contributed by atoms with van der Waals surface area (Å²) < 4.78 is 10.1. The van der Waals surface area contributed by atoms with Gasteiger partial charge in [-0.3, -0.25) is 0 Å². The normalized spacial score (nSPS) is 14.8. The molecule has 0 amide bonds. The van der Waals surface area contributed by atoms with Crippen LogP contribution in [0.3, 0.4) is 0 Å². The Balaban J connectivity index is 3.77. The molecule has 7 heteroatoms. The summed E-state index contributed by atoms with van der Waals surface area (Å²) >= 11 is 8.52. The Labute approximate surface area is 117 Å². The fourth-order valence-corrected chi connectivity index (χ4v) is 2.86. The third-order valence-electron chi connectivity index (χ3n) is 1.66. The Morgan fingerprint density at radius 2 is 1.94 bits per heavy atom. The van der Waals surface area contributed by atoms with Gasteiger partial charge in [-0.25, -0.2) is 0 Å². The van der Waals surface area contributed by atoms with E-state index in [4.69, 9.17) is 32.3 Å². The van der Waals surface area contributed by atoms with E-state index in [0.717, 1.165) is 17.3 Å². The zero-order valence-corrected chi connectivity index (χ0v) is 12.5. The van der Waals surface area contributed by atoms with Crippen molar-refractivity contribution in [1.82, 2.24) is 0 Å². The predicted octanol–water partition coefficient (Wildman–Crippen LogP) is 1.34. The molecule has 0 fully saturated rings. The first-order valence-corrected chi connectivity index (χ1v) is 8.09. The van der Waals surface area contributed by atoms with Crippen LogP contribution in [-0.2, 0) is 9.47 Å². The van der Waals surface area contributed by atoms with Crippen molar-refractivity contribution in [3.63, 3.8) is 0 Å². The summed E-state index contributed by atoms with van der Waals surface area (Å²) in [4.78, 5) is 0. The van der Waals surface area contributed by atoms with Crippen LogP contribution in [0.15, 0.2) is 0 Å². The summed E-state index contributed by atoms with van der Waals surface area (Å²) in [6.45, 7) is 3.32. The van der Waals surface area contributed by atoms with Crippen molar-refractivity contribution in [3.05, 3.63) is 0 Å². The van der Waals surface area contributed by atoms with Crippen LogP contribution >= 0.6 is 36.2 Å². The Kier molecular flexibility index (Phi) is 12.6. The minimum atomic E-state index is -0.760. The van der Waals surface area contributed by atoms with Gasteiger partial charge in [-0.2, -0.15) is 11.8 Å². The number of aliphatic hydroxyl groups excluding tert-OH is 2. The molecular weight excluding hydrogens is 280 g/mol. The van der Waals surface area contributed by atoms with Gasteiger partial charge in [-0.1, -0.05) is 6.92 Å². The first-order valence-electron chi connectivity index (χ1n) is 5.54. The molecule has 1 radical (unpaired) electrons. The van der Waals surface area contributed by atoms with Crippen molar-refractivity contribution in [3.8, 4) is 0 Å². The molecule has 0 heterocycles. The molecule has 0 aliphatic carbocycles. The van der Waals surface area contributed by atoms with Gasteiger partial charge in [0.25, 0.3) is 0 Å². The average Bonchev–Trinajstić information content (AvgIpc) is 2.29. The molecule has 1 unspecified atom stereocenters. The van der Waals surface area contributed by atoms with Crippen LogP contribution in [0.4, 0.5) is 0 Å². The SMILES string of the molecule is CCSC([S])(COCCO)OCCSCCO. The quantitative estimate of drug-likeness (QED) is 0.419. The molecule has 0 aromatic carbocycles. The molecule has 0 aliphatic rings. The lowest BCUT2D eigenvalue weighted by molar-refractivity contribution is 0.00736. The van der Waals surface area contributed by atoms with Gasteiger partial charge in [0.2, 0.25) is 0 Å². The largest absolute Gasteiger partial charge is 0.396 e. The fraction of sp³-hybridized carbons (Fsp3) is 1.00. The molecule has 1 atom stereocenters. The highest BCUT2D eigenvalue weighted by Crippen LogP contribution is 2.31. The number of rotatable bonds is 12. The van der Waals surface area contributed by atoms with Crippen molar-refractivity contribution < 1.29 is 19.7 Å². The number of thioether (sulfide) groups is 2. The van der Waals surface area contributed by atoms with Crippen LogP contribution in [0.1, 0.15) is 6.92 Å². The number of aliphatic hydroxyl groups is 2. The molecular formula is C10H21O4S3. The van der Waals surface area contributed by atoms with Crippen LogP contribution in [0.5, 0.6) is 0 Å². The molecule has 17 heavy (non-hydrogen) atoms. The average molecular weight is 301 g/mol. The molecule has 4 nitrogen and oxygen atoms in total. The molecule has 0 aromatic heterocycles. The standard InChI is InChI=1S/C10H21O4S3/c1-2-17-10(15,9-13-5-3-11)14-6-8-16-7-4-12/h11-12H,2-9H2,1H3. The molecule has 0 aromatic rings. The van der Waals surface area contributed by atoms with E-state index in [1.165, 1.54) is 11.8 Å². The highest BCUT2D eigenvalue weighted by atomic mass is 32.2. The van der Waals surface area contributed by atoms with E-state index in [0.29, 0.717) is 13.2 Å². The van der Waals surface area contributed by atoms with Crippen molar-refractivity contribution in [2.75, 3.05) is 50.3 Å². The second kappa shape index (κ2) is 12.0. The number of hydrogen-bond acceptors (Lipinski definition) is 6. The maximum atomic E-state index is 8.63. The van der Waals surface area contributed by atoms with Gasteiger partial charge in [0.15, 0.2) is 4.27 Å². The molecule has 0 spiro atoms. The maximum absolute atomic E-state index is 8.63. The van der Waals surface area contributed by atoms with Gasteiger partial charge in [0.05, 0.1) is 33.0 Å². The second-order valence-corrected chi connectivity index (χ2v) is 6.74. The van der Waals surface area contributed by atoms with Crippen LogP contribution in [0.25, 0.3) is 0 Å². The van der Waals surface area contributed by atoms with Gasteiger partial charge >= 0.3 is 0 Å². The summed E-state index contributed by atoms with van der Waals surface area (Å²) in [6, 6.07) is 0. The van der Waals surface area contributed by atoms with E-state index < -0.39 is 4.27 Å². The Morgan fingerprint density at radius 3 is 2.53 bits per heavy atom. The van der Waals surface area contributed by atoms with Crippen LogP contribution in [-0.4, -0.2) is 64.8 Å². The van der Waals surface area contributed by atoms with E-state index in [1.54, 1.807) is 11.8 Å². The van der Waals surface area contributed by atoms with Gasteiger partial charge < -0.3 is 19.7 Å².